The SMILES string of the molecule is CC(C)(C)C1=CC(=c2cccc3c(=C4C=C(C(C)(C)C)C(=O)C(C(C)(C)C)=C4)cccc23)C=C(C(C)(C)C)C1=O. The zero-order valence-corrected chi connectivity index (χ0v) is 26.6. The second-order valence-electron chi connectivity index (χ2n) is 15.5. The Morgan fingerprint density at radius 3 is 0.875 bits per heavy atom. The Hall–Kier alpha value is -3.26. The molecular weight excluding hydrogens is 488 g/mol. The molecule has 2 aliphatic rings. The first kappa shape index (κ1) is 29.7. The minimum atomic E-state index is -0.268. The Kier molecular flexibility index (Phi) is 7.19. The molecule has 0 amide bonds. The van der Waals surface area contributed by atoms with Gasteiger partial charge in [0.05, 0.1) is 0 Å². The summed E-state index contributed by atoms with van der Waals surface area (Å²) in [6.07, 6.45) is 8.39. The molecule has 0 unspecified atom stereocenters. The molecule has 2 aromatic rings. The number of rotatable bonds is 0. The van der Waals surface area contributed by atoms with Gasteiger partial charge in [0.25, 0.3) is 0 Å². The third kappa shape index (κ3) is 5.51. The first-order valence-electron chi connectivity index (χ1n) is 14.5. The summed E-state index contributed by atoms with van der Waals surface area (Å²) >= 11 is 0. The van der Waals surface area contributed by atoms with Crippen molar-refractivity contribution in [3.05, 3.63) is 93.4 Å². The maximum absolute atomic E-state index is 13.6. The summed E-state index contributed by atoms with van der Waals surface area (Å²) < 4.78 is 0. The lowest BCUT2D eigenvalue weighted by Crippen LogP contribution is -2.29. The van der Waals surface area contributed by atoms with Gasteiger partial charge in [0.1, 0.15) is 0 Å². The summed E-state index contributed by atoms with van der Waals surface area (Å²) in [7, 11) is 0. The molecule has 0 N–H and O–H groups in total. The number of benzene rings is 2. The average Bonchev–Trinajstić information content (AvgIpc) is 2.80. The average molecular weight is 535 g/mol. The van der Waals surface area contributed by atoms with Crippen LogP contribution in [-0.4, -0.2) is 11.6 Å². The number of carbonyl (C=O) groups excluding carboxylic acids is 2. The normalized spacial score (nSPS) is 17.6. The molecule has 0 heterocycles. The van der Waals surface area contributed by atoms with E-state index in [-0.39, 0.29) is 33.2 Å². The van der Waals surface area contributed by atoms with E-state index in [1.807, 2.05) is 0 Å². The van der Waals surface area contributed by atoms with E-state index in [2.05, 4.69) is 144 Å². The van der Waals surface area contributed by atoms with Crippen molar-refractivity contribution in [1.82, 2.24) is 0 Å². The fourth-order valence-electron chi connectivity index (χ4n) is 5.61. The predicted octanol–water partition coefficient (Wildman–Crippen LogP) is 8.20. The largest absolute Gasteiger partial charge is 0.289 e. The molecule has 0 bridgehead atoms. The minimum Gasteiger partial charge on any atom is -0.289 e. The molecule has 0 atom stereocenters. The summed E-state index contributed by atoms with van der Waals surface area (Å²) in [5.41, 5.74) is 4.45. The molecule has 40 heavy (non-hydrogen) atoms. The molecule has 0 aromatic heterocycles. The summed E-state index contributed by atoms with van der Waals surface area (Å²) in [6.45, 7) is 25.3. The van der Waals surface area contributed by atoms with Crippen molar-refractivity contribution in [2.24, 2.45) is 21.7 Å². The van der Waals surface area contributed by atoms with Crippen molar-refractivity contribution in [1.29, 1.82) is 0 Å². The molecule has 210 valence electrons. The summed E-state index contributed by atoms with van der Waals surface area (Å²) in [5, 5.41) is 4.50. The highest BCUT2D eigenvalue weighted by molar-refractivity contribution is 6.15. The highest BCUT2D eigenvalue weighted by Gasteiger charge is 2.35. The Balaban J connectivity index is 2.17. The van der Waals surface area contributed by atoms with E-state index < -0.39 is 0 Å². The number of fused-ring (bicyclic) bond motifs is 1. The monoisotopic (exact) mass is 534 g/mol. The van der Waals surface area contributed by atoms with E-state index in [9.17, 15) is 9.59 Å². The van der Waals surface area contributed by atoms with Gasteiger partial charge >= 0.3 is 0 Å². The fraction of sp³-hybridized carbons (Fsp3) is 0.421. The van der Waals surface area contributed by atoms with Crippen LogP contribution in [0.5, 0.6) is 0 Å². The molecule has 0 aliphatic heterocycles. The molecule has 0 fully saturated rings. The topological polar surface area (TPSA) is 34.1 Å². The molecular formula is C38H46O2. The van der Waals surface area contributed by atoms with Crippen molar-refractivity contribution in [3.8, 4) is 0 Å². The molecule has 2 nitrogen and oxygen atoms in total. The number of carbonyl (C=O) groups is 2. The minimum absolute atomic E-state index is 0.145. The third-order valence-electron chi connectivity index (χ3n) is 7.95. The highest BCUT2D eigenvalue weighted by atomic mass is 16.1. The lowest BCUT2D eigenvalue weighted by atomic mass is 9.71. The van der Waals surface area contributed by atoms with E-state index >= 15 is 0 Å². The van der Waals surface area contributed by atoms with Crippen LogP contribution in [0.25, 0.3) is 21.9 Å². The summed E-state index contributed by atoms with van der Waals surface area (Å²) in [4.78, 5) is 27.2. The van der Waals surface area contributed by atoms with Crippen molar-refractivity contribution < 1.29 is 9.59 Å². The summed E-state index contributed by atoms with van der Waals surface area (Å²) in [5.74, 6) is 0.290. The first-order chi connectivity index (χ1) is 18.2. The van der Waals surface area contributed by atoms with Gasteiger partial charge in [-0.3, -0.25) is 9.59 Å². The van der Waals surface area contributed by atoms with Crippen LogP contribution in [0.3, 0.4) is 0 Å². The lowest BCUT2D eigenvalue weighted by Gasteiger charge is -2.31. The number of Topliss-reactive ketones (excluding diaryl/α,β-unsaturated/α-hetero) is 2. The number of ketones is 2. The van der Waals surface area contributed by atoms with Crippen molar-refractivity contribution >= 4 is 33.5 Å². The molecule has 2 heteroatoms. The molecule has 2 aliphatic carbocycles. The zero-order chi connectivity index (χ0) is 30.0. The van der Waals surface area contributed by atoms with Crippen molar-refractivity contribution in [2.75, 3.05) is 0 Å². The van der Waals surface area contributed by atoms with Crippen molar-refractivity contribution in [2.45, 2.75) is 83.1 Å². The molecule has 2 aromatic carbocycles. The van der Waals surface area contributed by atoms with Gasteiger partial charge in [-0.25, -0.2) is 0 Å². The molecule has 0 saturated carbocycles. The molecule has 4 rings (SSSR count). The van der Waals surface area contributed by atoms with Crippen LogP contribution in [0.1, 0.15) is 83.1 Å². The van der Waals surface area contributed by atoms with Crippen LogP contribution >= 0.6 is 0 Å². The molecule has 0 spiro atoms. The van der Waals surface area contributed by atoms with Gasteiger partial charge < -0.3 is 0 Å². The quantitative estimate of drug-likeness (QED) is 0.341. The van der Waals surface area contributed by atoms with Crippen LogP contribution in [0.2, 0.25) is 0 Å². The lowest BCUT2D eigenvalue weighted by molar-refractivity contribution is -0.114. The number of allylic oxidation sites excluding steroid dienone is 8. The van der Waals surface area contributed by atoms with Crippen LogP contribution in [0.4, 0.5) is 0 Å². The van der Waals surface area contributed by atoms with Crippen LogP contribution in [-0.2, 0) is 9.59 Å². The first-order valence-corrected chi connectivity index (χ1v) is 14.5. The maximum Gasteiger partial charge on any atom is 0.186 e. The zero-order valence-electron chi connectivity index (χ0n) is 26.6. The van der Waals surface area contributed by atoms with Gasteiger partial charge in [-0.1, -0.05) is 119 Å². The summed E-state index contributed by atoms with van der Waals surface area (Å²) in [6, 6.07) is 12.9. The van der Waals surface area contributed by atoms with Crippen molar-refractivity contribution in [3.63, 3.8) is 0 Å². The van der Waals surface area contributed by atoms with Gasteiger partial charge in [-0.15, -0.1) is 0 Å². The smallest absolute Gasteiger partial charge is 0.186 e. The standard InChI is InChI=1S/C38H46O2/c1-35(2,3)29-19-23(20-30(33(29)39)36(4,5)6)25-15-13-18-28-26(16-14-17-27(25)28)24-21-31(37(7,8)9)34(40)32(22-24)38(10,11)12/h13-22H,1-12H3. The van der Waals surface area contributed by atoms with E-state index in [1.165, 1.54) is 0 Å². The highest BCUT2D eigenvalue weighted by Crippen LogP contribution is 2.40. The van der Waals surface area contributed by atoms with E-state index in [1.54, 1.807) is 0 Å². The van der Waals surface area contributed by atoms with Gasteiger partial charge in [0.15, 0.2) is 11.6 Å². The van der Waals surface area contributed by atoms with E-state index in [0.29, 0.717) is 0 Å². The number of hydrogen-bond acceptors (Lipinski definition) is 2. The Bertz CT molecular complexity index is 1470. The van der Waals surface area contributed by atoms with E-state index in [0.717, 1.165) is 54.6 Å². The van der Waals surface area contributed by atoms with Gasteiger partial charge in [-0.2, -0.15) is 0 Å². The van der Waals surface area contributed by atoms with Gasteiger partial charge in [0.2, 0.25) is 0 Å². The van der Waals surface area contributed by atoms with Gasteiger partial charge in [0, 0.05) is 22.3 Å². The Morgan fingerprint density at radius 2 is 0.650 bits per heavy atom. The van der Waals surface area contributed by atoms with Crippen LogP contribution < -0.4 is 10.4 Å². The Labute approximate surface area is 241 Å². The second kappa shape index (κ2) is 9.68. The second-order valence-corrected chi connectivity index (χ2v) is 15.5. The third-order valence-corrected chi connectivity index (χ3v) is 7.95. The van der Waals surface area contributed by atoms with Gasteiger partial charge in [-0.05, 0) is 78.3 Å². The fourth-order valence-corrected chi connectivity index (χ4v) is 5.61. The maximum atomic E-state index is 13.6. The molecule has 0 saturated heterocycles. The Morgan fingerprint density at radius 1 is 0.400 bits per heavy atom. The van der Waals surface area contributed by atoms with Crippen LogP contribution in [0, 0.1) is 21.7 Å². The van der Waals surface area contributed by atoms with E-state index in [4.69, 9.17) is 0 Å². The predicted molar refractivity (Wildman–Crippen MR) is 170 cm³/mol. The molecule has 0 radical (unpaired) electrons. The number of hydrogen-bond donors (Lipinski definition) is 0. The van der Waals surface area contributed by atoms with Crippen LogP contribution in [0.15, 0.2) is 83.0 Å².